The minimum Gasteiger partial charge on any atom is -0.373 e. The lowest BCUT2D eigenvalue weighted by molar-refractivity contribution is 0.0947. The van der Waals surface area contributed by atoms with Crippen LogP contribution in [0.25, 0.3) is 0 Å². The first-order valence-corrected chi connectivity index (χ1v) is 7.81. The Balaban J connectivity index is 1.82. The largest absolute Gasteiger partial charge is 0.373 e. The fourth-order valence-corrected chi connectivity index (χ4v) is 2.94. The van der Waals surface area contributed by atoms with Crippen molar-refractivity contribution in [3.63, 3.8) is 0 Å². The van der Waals surface area contributed by atoms with Gasteiger partial charge >= 0.3 is 0 Å². The van der Waals surface area contributed by atoms with E-state index in [1.165, 1.54) is 25.7 Å². The van der Waals surface area contributed by atoms with Gasteiger partial charge in [0, 0.05) is 31.7 Å². The third-order valence-corrected chi connectivity index (χ3v) is 4.20. The molecule has 2 rings (SSSR count). The molecule has 1 saturated carbocycles. The molecular weight excluding hydrogens is 288 g/mol. The number of anilines is 1. The number of carbonyl (C=O) groups is 1. The Morgan fingerprint density at radius 1 is 1.43 bits per heavy atom. The third-order valence-electron chi connectivity index (χ3n) is 4.01. The smallest absolute Gasteiger partial charge is 0.251 e. The summed E-state index contributed by atoms with van der Waals surface area (Å²) in [6.07, 6.45) is 5.19. The summed E-state index contributed by atoms with van der Waals surface area (Å²) >= 11 is 5.90. The van der Waals surface area contributed by atoms with Crippen LogP contribution in [0.5, 0.6) is 0 Å². The van der Waals surface area contributed by atoms with Gasteiger partial charge in [-0.2, -0.15) is 0 Å². The van der Waals surface area contributed by atoms with Crippen LogP contribution in [-0.2, 0) is 0 Å². The molecule has 2 N–H and O–H groups in total. The van der Waals surface area contributed by atoms with Gasteiger partial charge in [-0.3, -0.25) is 4.79 Å². The van der Waals surface area contributed by atoms with Crippen molar-refractivity contribution < 1.29 is 4.79 Å². The van der Waals surface area contributed by atoms with Crippen molar-refractivity contribution in [3.05, 3.63) is 22.8 Å². The highest BCUT2D eigenvalue weighted by Gasteiger charge is 2.19. The van der Waals surface area contributed by atoms with Crippen molar-refractivity contribution in [1.82, 2.24) is 15.2 Å². The molecule has 21 heavy (non-hydrogen) atoms. The van der Waals surface area contributed by atoms with Crippen LogP contribution >= 0.6 is 11.6 Å². The van der Waals surface area contributed by atoms with Crippen molar-refractivity contribution in [3.8, 4) is 0 Å². The van der Waals surface area contributed by atoms with Crippen molar-refractivity contribution in [1.29, 1.82) is 0 Å². The highest BCUT2D eigenvalue weighted by atomic mass is 35.5. The summed E-state index contributed by atoms with van der Waals surface area (Å²) in [5.74, 6) is 0.478. The lowest BCUT2D eigenvalue weighted by Crippen LogP contribution is -2.37. The van der Waals surface area contributed by atoms with Crippen molar-refractivity contribution in [2.45, 2.75) is 31.7 Å². The van der Waals surface area contributed by atoms with Crippen molar-refractivity contribution in [2.24, 2.45) is 0 Å². The molecule has 1 aliphatic carbocycles. The maximum atomic E-state index is 12.1. The second-order valence-electron chi connectivity index (χ2n) is 5.49. The molecule has 1 fully saturated rings. The number of aromatic nitrogens is 1. The Morgan fingerprint density at radius 2 is 2.14 bits per heavy atom. The van der Waals surface area contributed by atoms with Gasteiger partial charge < -0.3 is 15.5 Å². The van der Waals surface area contributed by atoms with Gasteiger partial charge in [0.05, 0.1) is 0 Å². The molecule has 1 heterocycles. The number of nitrogens with zero attached hydrogens (tertiary/aromatic N) is 2. The standard InChI is InChI=1S/C15H23ClN4O/c1-17-14-10-11(9-13(16)19-14)15(21)18-7-8-20(2)12-5-3-4-6-12/h9-10,12H,3-8H2,1-2H3,(H,17,19)(H,18,21). The molecular formula is C15H23ClN4O. The van der Waals surface area contributed by atoms with E-state index in [0.29, 0.717) is 29.1 Å². The summed E-state index contributed by atoms with van der Waals surface area (Å²) < 4.78 is 0. The Morgan fingerprint density at radius 3 is 2.81 bits per heavy atom. The predicted octanol–water partition coefficient (Wildman–Crippen LogP) is 2.38. The quantitative estimate of drug-likeness (QED) is 0.792. The first-order valence-electron chi connectivity index (χ1n) is 7.44. The number of carbonyl (C=O) groups excluding carboxylic acids is 1. The van der Waals surface area contributed by atoms with E-state index in [2.05, 4.69) is 27.6 Å². The Bertz CT molecular complexity index is 489. The fraction of sp³-hybridized carbons (Fsp3) is 0.600. The molecule has 0 unspecified atom stereocenters. The van der Waals surface area contributed by atoms with Crippen molar-refractivity contribution >= 4 is 23.3 Å². The first-order chi connectivity index (χ1) is 10.1. The van der Waals surface area contributed by atoms with E-state index >= 15 is 0 Å². The highest BCUT2D eigenvalue weighted by Crippen LogP contribution is 2.21. The summed E-state index contributed by atoms with van der Waals surface area (Å²) in [5.41, 5.74) is 0.530. The van der Waals surface area contributed by atoms with Crippen LogP contribution in [-0.4, -0.2) is 49.0 Å². The molecule has 116 valence electrons. The van der Waals surface area contributed by atoms with Gasteiger partial charge in [0.15, 0.2) is 0 Å². The summed E-state index contributed by atoms with van der Waals surface area (Å²) in [4.78, 5) is 18.5. The van der Waals surface area contributed by atoms with Gasteiger partial charge in [-0.25, -0.2) is 4.98 Å². The number of amides is 1. The molecule has 0 bridgehead atoms. The monoisotopic (exact) mass is 310 g/mol. The summed E-state index contributed by atoms with van der Waals surface area (Å²) in [6.45, 7) is 1.51. The number of hydrogen-bond acceptors (Lipinski definition) is 4. The molecule has 0 aromatic carbocycles. The zero-order chi connectivity index (χ0) is 15.2. The Kier molecular flexibility index (Phi) is 5.82. The number of hydrogen-bond donors (Lipinski definition) is 2. The maximum absolute atomic E-state index is 12.1. The molecule has 0 spiro atoms. The number of likely N-dealkylation sites (N-methyl/N-ethyl adjacent to an activating group) is 1. The van der Waals surface area contributed by atoms with Gasteiger partial charge in [-0.1, -0.05) is 24.4 Å². The summed E-state index contributed by atoms with van der Waals surface area (Å²) in [6, 6.07) is 3.95. The second-order valence-corrected chi connectivity index (χ2v) is 5.88. The van der Waals surface area contributed by atoms with Gasteiger partial charge in [0.2, 0.25) is 0 Å². The zero-order valence-corrected chi connectivity index (χ0v) is 13.4. The van der Waals surface area contributed by atoms with E-state index in [-0.39, 0.29) is 5.91 Å². The average Bonchev–Trinajstić information content (AvgIpc) is 3.00. The van der Waals surface area contributed by atoms with E-state index in [0.717, 1.165) is 6.54 Å². The summed E-state index contributed by atoms with van der Waals surface area (Å²) in [7, 11) is 3.88. The van der Waals surface area contributed by atoms with E-state index in [1.807, 2.05) is 0 Å². The van der Waals surface area contributed by atoms with Crippen LogP contribution in [0.1, 0.15) is 36.0 Å². The molecule has 0 saturated heterocycles. The zero-order valence-electron chi connectivity index (χ0n) is 12.7. The fourth-order valence-electron chi connectivity index (χ4n) is 2.73. The number of halogens is 1. The van der Waals surface area contributed by atoms with E-state index in [9.17, 15) is 4.79 Å². The van der Waals surface area contributed by atoms with Crippen LogP contribution < -0.4 is 10.6 Å². The molecule has 0 atom stereocenters. The molecule has 6 heteroatoms. The normalized spacial score (nSPS) is 15.4. The molecule has 1 amide bonds. The molecule has 5 nitrogen and oxygen atoms in total. The van der Waals surface area contributed by atoms with Crippen LogP contribution in [0, 0.1) is 0 Å². The van der Waals surface area contributed by atoms with Crippen LogP contribution in [0.4, 0.5) is 5.82 Å². The Hall–Kier alpha value is -1.33. The molecule has 1 aromatic rings. The maximum Gasteiger partial charge on any atom is 0.251 e. The molecule has 0 radical (unpaired) electrons. The Labute approximate surface area is 131 Å². The van der Waals surface area contributed by atoms with E-state index in [1.54, 1.807) is 19.2 Å². The number of nitrogens with one attached hydrogen (secondary N) is 2. The summed E-state index contributed by atoms with van der Waals surface area (Å²) in [5, 5.41) is 6.14. The van der Waals surface area contributed by atoms with Gasteiger partial charge in [0.25, 0.3) is 5.91 Å². The highest BCUT2D eigenvalue weighted by molar-refractivity contribution is 6.29. The third kappa shape index (κ3) is 4.58. The topological polar surface area (TPSA) is 57.3 Å². The van der Waals surface area contributed by atoms with Crippen LogP contribution in [0.3, 0.4) is 0 Å². The molecule has 1 aromatic heterocycles. The van der Waals surface area contributed by atoms with Gasteiger partial charge in [0.1, 0.15) is 11.0 Å². The second kappa shape index (κ2) is 7.61. The lowest BCUT2D eigenvalue weighted by atomic mass is 10.2. The van der Waals surface area contributed by atoms with Gasteiger partial charge in [-0.05, 0) is 32.0 Å². The minimum atomic E-state index is -0.115. The predicted molar refractivity (Wildman–Crippen MR) is 86.0 cm³/mol. The van der Waals surface area contributed by atoms with E-state index < -0.39 is 0 Å². The van der Waals surface area contributed by atoms with Crippen LogP contribution in [0.15, 0.2) is 12.1 Å². The molecule has 1 aliphatic rings. The first kappa shape index (κ1) is 16.0. The van der Waals surface area contributed by atoms with Gasteiger partial charge in [-0.15, -0.1) is 0 Å². The molecule has 0 aliphatic heterocycles. The van der Waals surface area contributed by atoms with E-state index in [4.69, 9.17) is 11.6 Å². The van der Waals surface area contributed by atoms with Crippen LogP contribution in [0.2, 0.25) is 5.15 Å². The average molecular weight is 311 g/mol. The van der Waals surface area contributed by atoms with Crippen molar-refractivity contribution in [2.75, 3.05) is 32.5 Å². The number of pyridine rings is 1. The lowest BCUT2D eigenvalue weighted by Gasteiger charge is -2.23. The SMILES string of the molecule is CNc1cc(C(=O)NCCN(C)C2CCCC2)cc(Cl)n1. The number of rotatable bonds is 6. The minimum absolute atomic E-state index is 0.115.